The second-order valence-corrected chi connectivity index (χ2v) is 5.70. The van der Waals surface area contributed by atoms with Gasteiger partial charge in [-0.15, -0.1) is 10.2 Å². The first kappa shape index (κ1) is 14.8. The number of piperidine rings is 1. The van der Waals surface area contributed by atoms with Crippen LogP contribution in [0.15, 0.2) is 24.5 Å². The smallest absolute Gasteiger partial charge is 0.143 e. The van der Waals surface area contributed by atoms with Crippen LogP contribution in [0.25, 0.3) is 5.69 Å². The minimum Gasteiger partial charge on any atom is -0.497 e. The van der Waals surface area contributed by atoms with Gasteiger partial charge in [0.2, 0.25) is 0 Å². The predicted molar refractivity (Wildman–Crippen MR) is 83.9 cm³/mol. The minimum atomic E-state index is 0.386. The first-order chi connectivity index (χ1) is 10.7. The van der Waals surface area contributed by atoms with Crippen LogP contribution in [0.5, 0.6) is 11.5 Å². The summed E-state index contributed by atoms with van der Waals surface area (Å²) in [5.74, 6) is 2.94. The van der Waals surface area contributed by atoms with Crippen molar-refractivity contribution in [1.82, 2.24) is 19.7 Å². The van der Waals surface area contributed by atoms with Gasteiger partial charge in [0.1, 0.15) is 23.7 Å². The second kappa shape index (κ2) is 6.36. The Bertz CT molecular complexity index is 641. The maximum atomic E-state index is 5.49. The van der Waals surface area contributed by atoms with Crippen molar-refractivity contribution >= 4 is 0 Å². The van der Waals surface area contributed by atoms with Gasteiger partial charge in [-0.1, -0.05) is 0 Å². The van der Waals surface area contributed by atoms with E-state index in [9.17, 15) is 0 Å². The molecular formula is C16H22N4O2. The van der Waals surface area contributed by atoms with E-state index < -0.39 is 0 Å². The van der Waals surface area contributed by atoms with Gasteiger partial charge in [0.15, 0.2) is 0 Å². The highest BCUT2D eigenvalue weighted by Crippen LogP contribution is 2.32. The summed E-state index contributed by atoms with van der Waals surface area (Å²) < 4.78 is 12.8. The molecule has 0 saturated carbocycles. The van der Waals surface area contributed by atoms with Crippen molar-refractivity contribution in [2.45, 2.75) is 18.8 Å². The van der Waals surface area contributed by atoms with E-state index >= 15 is 0 Å². The standard InChI is InChI=1S/C16H22N4O2/c1-19-8-4-5-12(10-19)16-18-17-11-20(16)14-9-13(21-2)6-7-15(14)22-3/h6-7,9,11-12H,4-5,8,10H2,1-3H3/t12-/m0/s1. The van der Waals surface area contributed by atoms with Crippen LogP contribution in [0.3, 0.4) is 0 Å². The summed E-state index contributed by atoms with van der Waals surface area (Å²) in [6, 6.07) is 5.75. The maximum Gasteiger partial charge on any atom is 0.143 e. The average molecular weight is 302 g/mol. The van der Waals surface area contributed by atoms with E-state index in [1.807, 2.05) is 22.8 Å². The number of methoxy groups -OCH3 is 2. The fourth-order valence-electron chi connectivity index (χ4n) is 3.07. The molecule has 0 aliphatic carbocycles. The molecule has 0 amide bonds. The zero-order valence-corrected chi connectivity index (χ0v) is 13.3. The molecule has 118 valence electrons. The van der Waals surface area contributed by atoms with E-state index in [0.717, 1.165) is 42.5 Å². The molecule has 0 bridgehead atoms. The Morgan fingerprint density at radius 2 is 2.09 bits per heavy atom. The second-order valence-electron chi connectivity index (χ2n) is 5.70. The van der Waals surface area contributed by atoms with Crippen molar-refractivity contribution in [2.75, 3.05) is 34.4 Å². The molecule has 0 radical (unpaired) electrons. The van der Waals surface area contributed by atoms with Crippen LogP contribution in [-0.4, -0.2) is 54.0 Å². The lowest BCUT2D eigenvalue weighted by Crippen LogP contribution is -2.32. The van der Waals surface area contributed by atoms with E-state index in [1.54, 1.807) is 20.5 Å². The molecule has 0 spiro atoms. The largest absolute Gasteiger partial charge is 0.497 e. The van der Waals surface area contributed by atoms with Crippen molar-refractivity contribution in [3.63, 3.8) is 0 Å². The SMILES string of the molecule is COc1ccc(OC)c(-n2cnnc2[C@H]2CCCN(C)C2)c1. The van der Waals surface area contributed by atoms with Crippen LogP contribution in [0, 0.1) is 0 Å². The van der Waals surface area contributed by atoms with Crippen molar-refractivity contribution < 1.29 is 9.47 Å². The lowest BCUT2D eigenvalue weighted by atomic mass is 9.97. The third-order valence-electron chi connectivity index (χ3n) is 4.21. The zero-order chi connectivity index (χ0) is 15.5. The lowest BCUT2D eigenvalue weighted by molar-refractivity contribution is 0.244. The van der Waals surface area contributed by atoms with E-state index in [2.05, 4.69) is 22.1 Å². The Labute approximate surface area is 130 Å². The minimum absolute atomic E-state index is 0.386. The third kappa shape index (κ3) is 2.78. The molecule has 0 unspecified atom stereocenters. The van der Waals surface area contributed by atoms with Gasteiger partial charge in [-0.3, -0.25) is 4.57 Å². The molecule has 1 fully saturated rings. The van der Waals surface area contributed by atoms with Crippen molar-refractivity contribution in [1.29, 1.82) is 0 Å². The van der Waals surface area contributed by atoms with Crippen molar-refractivity contribution in [2.24, 2.45) is 0 Å². The van der Waals surface area contributed by atoms with Crippen LogP contribution < -0.4 is 9.47 Å². The summed E-state index contributed by atoms with van der Waals surface area (Å²) in [5.41, 5.74) is 0.912. The van der Waals surface area contributed by atoms with Crippen LogP contribution >= 0.6 is 0 Å². The number of likely N-dealkylation sites (tertiary alicyclic amines) is 1. The van der Waals surface area contributed by atoms with Gasteiger partial charge in [0.05, 0.1) is 19.9 Å². The fourth-order valence-corrected chi connectivity index (χ4v) is 3.07. The van der Waals surface area contributed by atoms with Crippen LogP contribution in [0.4, 0.5) is 0 Å². The molecule has 3 rings (SSSR count). The molecule has 2 heterocycles. The van der Waals surface area contributed by atoms with E-state index in [4.69, 9.17) is 9.47 Å². The van der Waals surface area contributed by atoms with Crippen LogP contribution in [0.2, 0.25) is 0 Å². The number of rotatable bonds is 4. The summed E-state index contributed by atoms with van der Waals surface area (Å²) in [4.78, 5) is 2.34. The highest BCUT2D eigenvalue weighted by molar-refractivity contribution is 5.51. The highest BCUT2D eigenvalue weighted by atomic mass is 16.5. The molecular weight excluding hydrogens is 280 g/mol. The van der Waals surface area contributed by atoms with E-state index in [-0.39, 0.29) is 0 Å². The molecule has 1 aliphatic rings. The number of aromatic nitrogens is 3. The number of benzene rings is 1. The summed E-state index contributed by atoms with van der Waals surface area (Å²) in [6.07, 6.45) is 4.07. The number of ether oxygens (including phenoxy) is 2. The number of likely N-dealkylation sites (N-methyl/N-ethyl adjacent to an activating group) is 1. The Hall–Kier alpha value is -2.08. The maximum absolute atomic E-state index is 5.49. The normalized spacial score (nSPS) is 19.1. The Balaban J connectivity index is 2.01. The van der Waals surface area contributed by atoms with Gasteiger partial charge < -0.3 is 14.4 Å². The fraction of sp³-hybridized carbons (Fsp3) is 0.500. The van der Waals surface area contributed by atoms with Crippen LogP contribution in [-0.2, 0) is 0 Å². The monoisotopic (exact) mass is 302 g/mol. The van der Waals surface area contributed by atoms with Gasteiger partial charge in [-0.05, 0) is 38.6 Å². The first-order valence-corrected chi connectivity index (χ1v) is 7.53. The molecule has 1 atom stereocenters. The Kier molecular flexibility index (Phi) is 4.29. The Morgan fingerprint density at radius 1 is 1.23 bits per heavy atom. The molecule has 2 aromatic rings. The van der Waals surface area contributed by atoms with Crippen molar-refractivity contribution in [3.05, 3.63) is 30.4 Å². The molecule has 1 aromatic carbocycles. The molecule has 1 aliphatic heterocycles. The molecule has 6 heteroatoms. The molecule has 1 aromatic heterocycles. The predicted octanol–water partition coefficient (Wildman–Crippen LogP) is 2.09. The highest BCUT2D eigenvalue weighted by Gasteiger charge is 2.25. The van der Waals surface area contributed by atoms with E-state index in [0.29, 0.717) is 5.92 Å². The van der Waals surface area contributed by atoms with Gasteiger partial charge in [-0.25, -0.2) is 0 Å². The summed E-state index contributed by atoms with van der Waals surface area (Å²) in [5, 5.41) is 8.50. The van der Waals surface area contributed by atoms with Gasteiger partial charge in [0, 0.05) is 18.5 Å². The topological polar surface area (TPSA) is 52.4 Å². The zero-order valence-electron chi connectivity index (χ0n) is 13.3. The lowest BCUT2D eigenvalue weighted by Gasteiger charge is -2.29. The molecule has 6 nitrogen and oxygen atoms in total. The summed E-state index contributed by atoms with van der Waals surface area (Å²) >= 11 is 0. The summed E-state index contributed by atoms with van der Waals surface area (Å²) in [6.45, 7) is 2.15. The third-order valence-corrected chi connectivity index (χ3v) is 4.21. The van der Waals surface area contributed by atoms with Gasteiger partial charge in [0.25, 0.3) is 0 Å². The summed E-state index contributed by atoms with van der Waals surface area (Å²) in [7, 11) is 5.48. The average Bonchev–Trinajstić information content (AvgIpc) is 3.03. The number of hydrogen-bond acceptors (Lipinski definition) is 5. The molecule has 1 saturated heterocycles. The van der Waals surface area contributed by atoms with Gasteiger partial charge in [-0.2, -0.15) is 0 Å². The molecule has 22 heavy (non-hydrogen) atoms. The van der Waals surface area contributed by atoms with E-state index in [1.165, 1.54) is 6.42 Å². The van der Waals surface area contributed by atoms with Crippen LogP contribution in [0.1, 0.15) is 24.6 Å². The Morgan fingerprint density at radius 3 is 2.82 bits per heavy atom. The quantitative estimate of drug-likeness (QED) is 0.865. The first-order valence-electron chi connectivity index (χ1n) is 7.53. The van der Waals surface area contributed by atoms with Gasteiger partial charge >= 0.3 is 0 Å². The number of nitrogens with zero attached hydrogens (tertiary/aromatic N) is 4. The van der Waals surface area contributed by atoms with Crippen molar-refractivity contribution in [3.8, 4) is 17.2 Å². The number of hydrogen-bond donors (Lipinski definition) is 0. The molecule has 0 N–H and O–H groups in total.